The number of hydrogen-bond donors (Lipinski definition) is 2. The third kappa shape index (κ3) is 3.35. The average molecular weight is 272 g/mol. The molecule has 0 saturated carbocycles. The summed E-state index contributed by atoms with van der Waals surface area (Å²) in [6.07, 6.45) is 0. The Hall–Kier alpha value is -2.36. The lowest BCUT2D eigenvalue weighted by molar-refractivity contribution is 0.0963. The van der Waals surface area contributed by atoms with Gasteiger partial charge in [0.05, 0.1) is 5.69 Å². The van der Waals surface area contributed by atoms with Crippen LogP contribution in [0.3, 0.4) is 0 Å². The highest BCUT2D eigenvalue weighted by molar-refractivity contribution is 5.93. The first kappa shape index (κ1) is 14.1. The molecule has 2 aromatic rings. The van der Waals surface area contributed by atoms with Gasteiger partial charge in [-0.15, -0.1) is 0 Å². The van der Waals surface area contributed by atoms with Crippen LogP contribution in [-0.4, -0.2) is 13.0 Å². The van der Waals surface area contributed by atoms with Crippen molar-refractivity contribution in [1.29, 1.82) is 0 Å². The Morgan fingerprint density at radius 1 is 1.15 bits per heavy atom. The number of benzene rings is 2. The van der Waals surface area contributed by atoms with Gasteiger partial charge in [0, 0.05) is 19.2 Å². The fourth-order valence-electron chi connectivity index (χ4n) is 1.88. The van der Waals surface area contributed by atoms with E-state index >= 15 is 0 Å². The number of nitrogens with one attached hydrogen (secondary N) is 2. The zero-order valence-corrected chi connectivity index (χ0v) is 11.5. The van der Waals surface area contributed by atoms with E-state index in [2.05, 4.69) is 10.6 Å². The molecule has 0 bridgehead atoms. The van der Waals surface area contributed by atoms with Crippen molar-refractivity contribution in [3.8, 4) is 0 Å². The van der Waals surface area contributed by atoms with Crippen molar-refractivity contribution in [2.45, 2.75) is 13.5 Å². The first-order valence-electron chi connectivity index (χ1n) is 6.41. The van der Waals surface area contributed by atoms with Crippen molar-refractivity contribution in [2.75, 3.05) is 12.4 Å². The van der Waals surface area contributed by atoms with Crippen molar-refractivity contribution >= 4 is 11.6 Å². The van der Waals surface area contributed by atoms with Crippen LogP contribution in [0.5, 0.6) is 0 Å². The van der Waals surface area contributed by atoms with E-state index < -0.39 is 0 Å². The molecule has 0 saturated heterocycles. The van der Waals surface area contributed by atoms with Crippen LogP contribution in [0.2, 0.25) is 0 Å². The van der Waals surface area contributed by atoms with Gasteiger partial charge in [-0.3, -0.25) is 4.79 Å². The van der Waals surface area contributed by atoms with E-state index in [-0.39, 0.29) is 11.7 Å². The van der Waals surface area contributed by atoms with Crippen molar-refractivity contribution < 1.29 is 9.18 Å². The van der Waals surface area contributed by atoms with E-state index in [0.29, 0.717) is 17.8 Å². The van der Waals surface area contributed by atoms with E-state index in [1.165, 1.54) is 6.07 Å². The Bertz CT molecular complexity index is 608. The summed E-state index contributed by atoms with van der Waals surface area (Å²) in [5.74, 6) is -0.374. The largest absolute Gasteiger partial charge is 0.379 e. The second kappa shape index (κ2) is 6.19. The summed E-state index contributed by atoms with van der Waals surface area (Å²) in [5, 5.41) is 5.61. The summed E-state index contributed by atoms with van der Waals surface area (Å²) in [5.41, 5.74) is 2.96. The topological polar surface area (TPSA) is 41.1 Å². The molecule has 104 valence electrons. The molecule has 2 aromatic carbocycles. The molecule has 0 unspecified atom stereocenters. The Morgan fingerprint density at radius 2 is 1.85 bits per heavy atom. The quantitative estimate of drug-likeness (QED) is 0.898. The molecule has 0 aliphatic heterocycles. The molecule has 0 aliphatic rings. The smallest absolute Gasteiger partial charge is 0.251 e. The maximum atomic E-state index is 13.7. The lowest BCUT2D eigenvalue weighted by Gasteiger charge is -2.09. The van der Waals surface area contributed by atoms with E-state index in [1.54, 1.807) is 25.2 Å². The molecular formula is C16H17FN2O. The zero-order valence-electron chi connectivity index (χ0n) is 11.5. The third-order valence-electron chi connectivity index (χ3n) is 3.05. The van der Waals surface area contributed by atoms with Gasteiger partial charge in [0.1, 0.15) is 5.82 Å². The SMILES string of the molecule is CNC(=O)c1ccc(CNc2ccc(C)cc2F)cc1. The number of carbonyl (C=O) groups excluding carboxylic acids is 1. The first-order chi connectivity index (χ1) is 9.60. The normalized spacial score (nSPS) is 10.2. The number of amides is 1. The maximum absolute atomic E-state index is 13.7. The van der Waals surface area contributed by atoms with Gasteiger partial charge in [0.25, 0.3) is 5.91 Å². The number of hydrogen-bond acceptors (Lipinski definition) is 2. The average Bonchev–Trinajstić information content (AvgIpc) is 2.46. The van der Waals surface area contributed by atoms with Crippen molar-refractivity contribution in [3.63, 3.8) is 0 Å². The summed E-state index contributed by atoms with van der Waals surface area (Å²) in [7, 11) is 1.60. The highest BCUT2D eigenvalue weighted by atomic mass is 19.1. The van der Waals surface area contributed by atoms with E-state index in [0.717, 1.165) is 11.1 Å². The fourth-order valence-corrected chi connectivity index (χ4v) is 1.88. The van der Waals surface area contributed by atoms with Gasteiger partial charge in [-0.25, -0.2) is 4.39 Å². The lowest BCUT2D eigenvalue weighted by atomic mass is 10.1. The van der Waals surface area contributed by atoms with Gasteiger partial charge in [0.15, 0.2) is 0 Å². The van der Waals surface area contributed by atoms with Gasteiger partial charge < -0.3 is 10.6 Å². The van der Waals surface area contributed by atoms with Crippen molar-refractivity contribution in [2.24, 2.45) is 0 Å². The maximum Gasteiger partial charge on any atom is 0.251 e. The molecule has 0 fully saturated rings. The Labute approximate surface area is 117 Å². The Balaban J connectivity index is 2.02. The number of aryl methyl sites for hydroxylation is 1. The molecule has 2 N–H and O–H groups in total. The van der Waals surface area contributed by atoms with Crippen LogP contribution in [-0.2, 0) is 6.54 Å². The minimum absolute atomic E-state index is 0.117. The highest BCUT2D eigenvalue weighted by Gasteiger charge is 2.04. The minimum atomic E-state index is -0.257. The van der Waals surface area contributed by atoms with Crippen LogP contribution in [0.15, 0.2) is 42.5 Å². The Kier molecular flexibility index (Phi) is 4.35. The van der Waals surface area contributed by atoms with E-state index in [4.69, 9.17) is 0 Å². The monoisotopic (exact) mass is 272 g/mol. The fraction of sp³-hybridized carbons (Fsp3) is 0.188. The van der Waals surface area contributed by atoms with Gasteiger partial charge in [0.2, 0.25) is 0 Å². The molecule has 0 radical (unpaired) electrons. The molecule has 0 spiro atoms. The van der Waals surface area contributed by atoms with Gasteiger partial charge >= 0.3 is 0 Å². The zero-order chi connectivity index (χ0) is 14.5. The molecule has 0 aliphatic carbocycles. The van der Waals surface area contributed by atoms with Crippen LogP contribution in [0.4, 0.5) is 10.1 Å². The molecule has 0 aromatic heterocycles. The van der Waals surface area contributed by atoms with Crippen LogP contribution in [0.1, 0.15) is 21.5 Å². The molecule has 0 heterocycles. The van der Waals surface area contributed by atoms with Crippen molar-refractivity contribution in [1.82, 2.24) is 5.32 Å². The summed E-state index contributed by atoms with van der Waals surface area (Å²) >= 11 is 0. The predicted molar refractivity (Wildman–Crippen MR) is 78.3 cm³/mol. The summed E-state index contributed by atoms with van der Waals surface area (Å²) < 4.78 is 13.7. The molecule has 1 amide bonds. The first-order valence-corrected chi connectivity index (χ1v) is 6.41. The van der Waals surface area contributed by atoms with Crippen LogP contribution < -0.4 is 10.6 Å². The van der Waals surface area contributed by atoms with Crippen molar-refractivity contribution in [3.05, 3.63) is 65.0 Å². The van der Waals surface area contributed by atoms with E-state index in [9.17, 15) is 9.18 Å². The number of carbonyl (C=O) groups is 1. The molecule has 4 heteroatoms. The number of rotatable bonds is 4. The Morgan fingerprint density at radius 3 is 2.45 bits per heavy atom. The second-order valence-corrected chi connectivity index (χ2v) is 4.61. The van der Waals surface area contributed by atoms with E-state index in [1.807, 2.05) is 25.1 Å². The molecular weight excluding hydrogens is 255 g/mol. The molecule has 3 nitrogen and oxygen atoms in total. The summed E-state index contributed by atoms with van der Waals surface area (Å²) in [6.45, 7) is 2.36. The van der Waals surface area contributed by atoms with Gasteiger partial charge in [-0.05, 0) is 42.3 Å². The van der Waals surface area contributed by atoms with Gasteiger partial charge in [-0.2, -0.15) is 0 Å². The van der Waals surface area contributed by atoms with Crippen LogP contribution in [0.25, 0.3) is 0 Å². The third-order valence-corrected chi connectivity index (χ3v) is 3.05. The standard InChI is InChI=1S/C16H17FN2O/c1-11-3-8-15(14(17)9-11)19-10-12-4-6-13(7-5-12)16(20)18-2/h3-9,19H,10H2,1-2H3,(H,18,20). The van der Waals surface area contributed by atoms with Crippen LogP contribution >= 0.6 is 0 Å². The highest BCUT2D eigenvalue weighted by Crippen LogP contribution is 2.16. The van der Waals surface area contributed by atoms with Gasteiger partial charge in [-0.1, -0.05) is 18.2 Å². The summed E-state index contributed by atoms with van der Waals surface area (Å²) in [4.78, 5) is 11.4. The summed E-state index contributed by atoms with van der Waals surface area (Å²) in [6, 6.07) is 12.3. The number of anilines is 1. The number of halogens is 1. The molecule has 20 heavy (non-hydrogen) atoms. The van der Waals surface area contributed by atoms with Crippen LogP contribution in [0, 0.1) is 12.7 Å². The molecule has 0 atom stereocenters. The second-order valence-electron chi connectivity index (χ2n) is 4.61. The minimum Gasteiger partial charge on any atom is -0.379 e. The lowest BCUT2D eigenvalue weighted by Crippen LogP contribution is -2.17. The predicted octanol–water partition coefficient (Wildman–Crippen LogP) is 3.11. The molecule has 2 rings (SSSR count).